The second-order valence-corrected chi connectivity index (χ2v) is 5.31. The van der Waals surface area contributed by atoms with Crippen molar-refractivity contribution >= 4 is 24.5 Å². The van der Waals surface area contributed by atoms with Crippen LogP contribution in [0.2, 0.25) is 0 Å². The third-order valence-electron chi connectivity index (χ3n) is 2.91. The van der Waals surface area contributed by atoms with E-state index in [0.717, 1.165) is 27.4 Å². The van der Waals surface area contributed by atoms with E-state index in [0.29, 0.717) is 18.5 Å². The molecule has 0 saturated carbocycles. The molecule has 1 N–H and O–H groups in total. The van der Waals surface area contributed by atoms with Crippen molar-refractivity contribution in [2.24, 2.45) is 0 Å². The molecule has 0 aliphatic rings. The van der Waals surface area contributed by atoms with Crippen LogP contribution in [0.4, 0.5) is 0 Å². The number of ether oxygens (including phenoxy) is 1. The number of hydrogen-bond donors (Lipinski definition) is 1. The molecule has 21 heavy (non-hydrogen) atoms. The molecule has 0 saturated heterocycles. The fraction of sp³-hybridized carbons (Fsp3) is 0.125. The Bertz CT molecular complexity index is 643. The summed E-state index contributed by atoms with van der Waals surface area (Å²) in [4.78, 5) is 23.4. The van der Waals surface area contributed by atoms with Crippen molar-refractivity contribution in [3.05, 3.63) is 53.6 Å². The predicted octanol–water partition coefficient (Wildman–Crippen LogP) is 2.90. The van der Waals surface area contributed by atoms with E-state index < -0.39 is 0 Å². The first kappa shape index (κ1) is 15.1. The summed E-state index contributed by atoms with van der Waals surface area (Å²) < 4.78 is 5.20. The monoisotopic (exact) mass is 301 g/mol. The lowest BCUT2D eigenvalue weighted by Gasteiger charge is -2.11. The average molecular weight is 301 g/mol. The molecule has 0 aromatic heterocycles. The zero-order chi connectivity index (χ0) is 15.1. The van der Waals surface area contributed by atoms with E-state index >= 15 is 0 Å². The molecule has 0 aliphatic heterocycles. The minimum atomic E-state index is 0.409. The Morgan fingerprint density at radius 3 is 2.67 bits per heavy atom. The van der Waals surface area contributed by atoms with Crippen LogP contribution >= 0.6 is 11.8 Å². The van der Waals surface area contributed by atoms with Crippen LogP contribution in [0.5, 0.6) is 5.75 Å². The number of carbonyl (C=O) groups excluding carboxylic acids is 2. The molecule has 0 heterocycles. The SMILES string of the molecule is COc1ccc(Sc2ccccc2C=O)c(CNC=O)c1. The summed E-state index contributed by atoms with van der Waals surface area (Å²) in [7, 11) is 1.60. The van der Waals surface area contributed by atoms with E-state index in [2.05, 4.69) is 5.32 Å². The van der Waals surface area contributed by atoms with Crippen molar-refractivity contribution < 1.29 is 14.3 Å². The molecule has 108 valence electrons. The number of rotatable bonds is 7. The highest BCUT2D eigenvalue weighted by atomic mass is 32.2. The number of nitrogens with one attached hydrogen (secondary N) is 1. The van der Waals surface area contributed by atoms with Gasteiger partial charge in [-0.1, -0.05) is 30.0 Å². The summed E-state index contributed by atoms with van der Waals surface area (Å²) in [6, 6.07) is 13.1. The summed E-state index contributed by atoms with van der Waals surface area (Å²) in [5, 5.41) is 2.65. The lowest BCUT2D eigenvalue weighted by Crippen LogP contribution is -2.10. The fourth-order valence-electron chi connectivity index (χ4n) is 1.86. The average Bonchev–Trinajstić information content (AvgIpc) is 2.54. The van der Waals surface area contributed by atoms with Crippen molar-refractivity contribution in [2.45, 2.75) is 16.3 Å². The first-order valence-corrected chi connectivity index (χ1v) is 7.16. The Morgan fingerprint density at radius 1 is 1.14 bits per heavy atom. The molecule has 0 atom stereocenters. The zero-order valence-corrected chi connectivity index (χ0v) is 12.4. The minimum Gasteiger partial charge on any atom is -0.497 e. The van der Waals surface area contributed by atoms with E-state index in [4.69, 9.17) is 4.74 Å². The first-order valence-electron chi connectivity index (χ1n) is 6.34. The Balaban J connectivity index is 2.33. The largest absolute Gasteiger partial charge is 0.497 e. The molecule has 0 unspecified atom stereocenters. The Morgan fingerprint density at radius 2 is 1.95 bits per heavy atom. The molecular weight excluding hydrogens is 286 g/mol. The summed E-state index contributed by atoms with van der Waals surface area (Å²) in [6.45, 7) is 0.409. The Hall–Kier alpha value is -2.27. The molecule has 1 amide bonds. The number of carbonyl (C=O) groups is 2. The maximum absolute atomic E-state index is 11.1. The van der Waals surface area contributed by atoms with Gasteiger partial charge in [0.25, 0.3) is 0 Å². The maximum atomic E-state index is 11.1. The second kappa shape index (κ2) is 7.50. The summed E-state index contributed by atoms with van der Waals surface area (Å²) in [5.74, 6) is 0.728. The highest BCUT2D eigenvalue weighted by Gasteiger charge is 2.09. The van der Waals surface area contributed by atoms with Gasteiger partial charge in [0.15, 0.2) is 6.29 Å². The highest BCUT2D eigenvalue weighted by Crippen LogP contribution is 2.34. The summed E-state index contributed by atoms with van der Waals surface area (Å²) in [5.41, 5.74) is 1.58. The molecule has 0 radical (unpaired) electrons. The molecule has 4 nitrogen and oxygen atoms in total. The molecule has 0 bridgehead atoms. The standard InChI is InChI=1S/C16H15NO3S/c1-20-14-6-7-16(13(8-14)9-17-11-19)21-15-5-3-2-4-12(15)10-18/h2-8,10-11H,9H2,1H3,(H,17,19). The number of methoxy groups -OCH3 is 1. The van der Waals surface area contributed by atoms with E-state index in [9.17, 15) is 9.59 Å². The van der Waals surface area contributed by atoms with Crippen LogP contribution in [0.25, 0.3) is 0 Å². The lowest BCUT2D eigenvalue weighted by atomic mass is 10.2. The predicted molar refractivity (Wildman–Crippen MR) is 81.9 cm³/mol. The fourth-order valence-corrected chi connectivity index (χ4v) is 2.88. The van der Waals surface area contributed by atoms with E-state index in [1.807, 2.05) is 36.4 Å². The van der Waals surface area contributed by atoms with Crippen LogP contribution in [0.3, 0.4) is 0 Å². The van der Waals surface area contributed by atoms with Gasteiger partial charge in [0.05, 0.1) is 7.11 Å². The molecule has 2 aromatic carbocycles. The normalized spacial score (nSPS) is 9.95. The van der Waals surface area contributed by atoms with Gasteiger partial charge in [-0.2, -0.15) is 0 Å². The van der Waals surface area contributed by atoms with Crippen LogP contribution < -0.4 is 10.1 Å². The smallest absolute Gasteiger partial charge is 0.207 e. The topological polar surface area (TPSA) is 55.4 Å². The lowest BCUT2D eigenvalue weighted by molar-refractivity contribution is -0.109. The van der Waals surface area contributed by atoms with E-state index in [-0.39, 0.29) is 0 Å². The van der Waals surface area contributed by atoms with Crippen molar-refractivity contribution in [1.82, 2.24) is 5.32 Å². The third kappa shape index (κ3) is 3.86. The van der Waals surface area contributed by atoms with Crippen LogP contribution in [-0.4, -0.2) is 19.8 Å². The number of benzene rings is 2. The quantitative estimate of drug-likeness (QED) is 0.799. The maximum Gasteiger partial charge on any atom is 0.207 e. The van der Waals surface area contributed by atoms with Gasteiger partial charge in [0.1, 0.15) is 5.75 Å². The molecule has 2 rings (SSSR count). The Kier molecular flexibility index (Phi) is 5.40. The second-order valence-electron chi connectivity index (χ2n) is 4.23. The summed E-state index contributed by atoms with van der Waals surface area (Å²) in [6.07, 6.45) is 1.50. The van der Waals surface area contributed by atoms with E-state index in [1.54, 1.807) is 13.2 Å². The van der Waals surface area contributed by atoms with Crippen molar-refractivity contribution in [1.29, 1.82) is 0 Å². The van der Waals surface area contributed by atoms with Crippen LogP contribution in [0.1, 0.15) is 15.9 Å². The number of hydrogen-bond acceptors (Lipinski definition) is 4. The van der Waals surface area contributed by atoms with Crippen molar-refractivity contribution in [3.8, 4) is 5.75 Å². The highest BCUT2D eigenvalue weighted by molar-refractivity contribution is 7.99. The minimum absolute atomic E-state index is 0.409. The molecule has 2 aromatic rings. The molecular formula is C16H15NO3S. The zero-order valence-electron chi connectivity index (χ0n) is 11.5. The van der Waals surface area contributed by atoms with Gasteiger partial charge < -0.3 is 10.1 Å². The van der Waals surface area contributed by atoms with Crippen LogP contribution in [0, 0.1) is 0 Å². The number of aldehydes is 1. The van der Waals surface area contributed by atoms with Crippen molar-refractivity contribution in [2.75, 3.05) is 7.11 Å². The van der Waals surface area contributed by atoms with Crippen molar-refractivity contribution in [3.63, 3.8) is 0 Å². The van der Waals surface area contributed by atoms with E-state index in [1.165, 1.54) is 11.8 Å². The molecule has 0 aliphatic carbocycles. The third-order valence-corrected chi connectivity index (χ3v) is 4.12. The molecule has 5 heteroatoms. The molecule has 0 spiro atoms. The van der Waals surface area contributed by atoms with Gasteiger partial charge in [-0.15, -0.1) is 0 Å². The van der Waals surface area contributed by atoms with Gasteiger partial charge in [0, 0.05) is 21.9 Å². The number of amides is 1. The summed E-state index contributed by atoms with van der Waals surface area (Å²) >= 11 is 1.49. The Labute approximate surface area is 127 Å². The van der Waals surface area contributed by atoms with Gasteiger partial charge in [-0.3, -0.25) is 9.59 Å². The molecule has 0 fully saturated rings. The first-order chi connectivity index (χ1) is 10.3. The van der Waals surface area contributed by atoms with Crippen LogP contribution in [0.15, 0.2) is 52.3 Å². The van der Waals surface area contributed by atoms with Gasteiger partial charge in [0.2, 0.25) is 6.41 Å². The van der Waals surface area contributed by atoms with Gasteiger partial charge in [-0.25, -0.2) is 0 Å². The van der Waals surface area contributed by atoms with Gasteiger partial charge in [-0.05, 0) is 29.8 Å². The van der Waals surface area contributed by atoms with Crippen LogP contribution in [-0.2, 0) is 11.3 Å². The van der Waals surface area contributed by atoms with Gasteiger partial charge >= 0.3 is 0 Å².